The van der Waals surface area contributed by atoms with Crippen molar-refractivity contribution in [3.8, 4) is 0 Å². The van der Waals surface area contributed by atoms with Gasteiger partial charge in [0.15, 0.2) is 5.16 Å². The second kappa shape index (κ2) is 11.5. The summed E-state index contributed by atoms with van der Waals surface area (Å²) in [6.45, 7) is 3.81. The van der Waals surface area contributed by atoms with Gasteiger partial charge >= 0.3 is 0 Å². The van der Waals surface area contributed by atoms with Crippen molar-refractivity contribution < 1.29 is 14.0 Å². The molecule has 0 bridgehead atoms. The summed E-state index contributed by atoms with van der Waals surface area (Å²) in [5.41, 5.74) is 1.09. The molecule has 2 aromatic carbocycles. The zero-order chi connectivity index (χ0) is 24.8. The van der Waals surface area contributed by atoms with Crippen LogP contribution in [0, 0.1) is 5.82 Å². The summed E-state index contributed by atoms with van der Waals surface area (Å²) in [5.74, 6) is -0.189. The molecule has 1 aromatic heterocycles. The summed E-state index contributed by atoms with van der Waals surface area (Å²) in [4.78, 5) is 37.6. The number of nitrogens with one attached hydrogen (secondary N) is 1. The van der Waals surface area contributed by atoms with Crippen LogP contribution in [0.3, 0.4) is 0 Å². The number of anilines is 1. The maximum atomic E-state index is 14.1. The average Bonchev–Trinajstić information content (AvgIpc) is 2.86. The number of amides is 2. The first-order chi connectivity index (χ1) is 16.9. The predicted molar refractivity (Wildman–Crippen MR) is 135 cm³/mol. The fourth-order valence-electron chi connectivity index (χ4n) is 3.85. The third kappa shape index (κ3) is 6.49. The second-order valence-corrected chi connectivity index (χ2v) is 9.49. The predicted octanol–water partition coefficient (Wildman–Crippen LogP) is 4.03. The van der Waals surface area contributed by atoms with Crippen LogP contribution in [0.4, 0.5) is 10.2 Å². The van der Waals surface area contributed by atoms with Gasteiger partial charge in [-0.3, -0.25) is 9.59 Å². The molecule has 0 radical (unpaired) electrons. The Bertz CT molecular complexity index is 1200. The normalized spacial score (nSPS) is 15.7. The number of carbonyl (C=O) groups excluding carboxylic acids is 2. The first-order valence-electron chi connectivity index (χ1n) is 11.2. The Balaban J connectivity index is 1.35. The van der Waals surface area contributed by atoms with Crippen LogP contribution in [-0.4, -0.2) is 58.1 Å². The van der Waals surface area contributed by atoms with Crippen molar-refractivity contribution in [1.29, 1.82) is 0 Å². The molecule has 1 aliphatic heterocycles. The Morgan fingerprint density at radius 3 is 2.60 bits per heavy atom. The van der Waals surface area contributed by atoms with Crippen LogP contribution in [-0.2, 0) is 11.3 Å². The van der Waals surface area contributed by atoms with E-state index in [1.165, 1.54) is 23.9 Å². The van der Waals surface area contributed by atoms with E-state index >= 15 is 0 Å². The Morgan fingerprint density at radius 2 is 1.86 bits per heavy atom. The number of carbonyl (C=O) groups is 2. The molecule has 7 nitrogen and oxygen atoms in total. The zero-order valence-corrected chi connectivity index (χ0v) is 20.7. The van der Waals surface area contributed by atoms with Gasteiger partial charge in [0.05, 0.1) is 11.3 Å². The van der Waals surface area contributed by atoms with Gasteiger partial charge in [0, 0.05) is 38.3 Å². The van der Waals surface area contributed by atoms with E-state index < -0.39 is 5.82 Å². The molecular formula is C25H25ClFN5O2S. The van der Waals surface area contributed by atoms with Gasteiger partial charge in [-0.05, 0) is 24.6 Å². The number of thioether (sulfide) groups is 1. The molecule has 1 unspecified atom stereocenters. The summed E-state index contributed by atoms with van der Waals surface area (Å²) < 4.78 is 14.1. The monoisotopic (exact) mass is 513 g/mol. The largest absolute Gasteiger partial charge is 0.353 e. The smallest absolute Gasteiger partial charge is 0.257 e. The molecule has 0 spiro atoms. The average molecular weight is 514 g/mol. The quantitative estimate of drug-likeness (QED) is 0.292. The Labute approximate surface area is 212 Å². The van der Waals surface area contributed by atoms with E-state index in [9.17, 15) is 14.0 Å². The highest BCUT2D eigenvalue weighted by atomic mass is 35.5. The third-order valence-corrected chi connectivity index (χ3v) is 6.68. The van der Waals surface area contributed by atoms with Crippen molar-refractivity contribution in [2.75, 3.05) is 30.3 Å². The van der Waals surface area contributed by atoms with Crippen molar-refractivity contribution in [2.24, 2.45) is 0 Å². The number of benzene rings is 2. The molecule has 1 atom stereocenters. The van der Waals surface area contributed by atoms with Crippen LogP contribution in [0.1, 0.15) is 22.8 Å². The van der Waals surface area contributed by atoms with Gasteiger partial charge in [-0.25, -0.2) is 14.4 Å². The van der Waals surface area contributed by atoms with E-state index in [4.69, 9.17) is 11.6 Å². The van der Waals surface area contributed by atoms with Gasteiger partial charge in [0.25, 0.3) is 5.91 Å². The minimum absolute atomic E-state index is 0.0714. The molecule has 0 saturated carbocycles. The lowest BCUT2D eigenvalue weighted by molar-refractivity contribution is -0.118. The lowest BCUT2D eigenvalue weighted by atomic mass is 10.1. The van der Waals surface area contributed by atoms with E-state index in [2.05, 4.69) is 15.3 Å². The molecule has 10 heteroatoms. The number of hydrogen-bond donors (Lipinski definition) is 1. The molecule has 1 aliphatic rings. The maximum absolute atomic E-state index is 14.1. The van der Waals surface area contributed by atoms with Crippen molar-refractivity contribution in [2.45, 2.75) is 24.7 Å². The van der Waals surface area contributed by atoms with Crippen molar-refractivity contribution >= 4 is 41.0 Å². The minimum atomic E-state index is -0.524. The molecular weight excluding hydrogens is 489 g/mol. The molecule has 1 N–H and O–H groups in total. The number of piperazine rings is 1. The molecule has 2 heterocycles. The van der Waals surface area contributed by atoms with Crippen LogP contribution in [0.25, 0.3) is 0 Å². The van der Waals surface area contributed by atoms with Crippen molar-refractivity contribution in [1.82, 2.24) is 20.2 Å². The topological polar surface area (TPSA) is 78.4 Å². The van der Waals surface area contributed by atoms with Gasteiger partial charge in [0.2, 0.25) is 5.91 Å². The summed E-state index contributed by atoms with van der Waals surface area (Å²) >= 11 is 7.45. The molecule has 4 rings (SSSR count). The van der Waals surface area contributed by atoms with Crippen LogP contribution >= 0.6 is 23.4 Å². The maximum Gasteiger partial charge on any atom is 0.257 e. The van der Waals surface area contributed by atoms with Crippen LogP contribution in [0.5, 0.6) is 0 Å². The SMILES string of the molecule is CC1CN(c2cc(Cl)nc(SCC(=O)NCc3ccccc3)n2)CCN1C(=O)c1ccccc1F. The summed E-state index contributed by atoms with van der Waals surface area (Å²) in [7, 11) is 0. The van der Waals surface area contributed by atoms with E-state index in [1.54, 1.807) is 23.1 Å². The fraction of sp³-hybridized carbons (Fsp3) is 0.280. The Morgan fingerprint density at radius 1 is 1.11 bits per heavy atom. The number of rotatable bonds is 7. The first-order valence-corrected chi connectivity index (χ1v) is 12.6. The number of nitrogens with zero attached hydrogens (tertiary/aromatic N) is 4. The Hall–Kier alpha value is -3.17. The van der Waals surface area contributed by atoms with Gasteiger partial charge in [-0.2, -0.15) is 0 Å². The highest BCUT2D eigenvalue weighted by molar-refractivity contribution is 7.99. The van der Waals surface area contributed by atoms with Crippen LogP contribution < -0.4 is 10.2 Å². The van der Waals surface area contributed by atoms with Gasteiger partial charge in [-0.1, -0.05) is 65.8 Å². The number of halogens is 2. The van der Waals surface area contributed by atoms with Crippen molar-refractivity contribution in [3.05, 3.63) is 82.8 Å². The van der Waals surface area contributed by atoms with Gasteiger partial charge in [-0.15, -0.1) is 0 Å². The number of hydrogen-bond acceptors (Lipinski definition) is 6. The standard InChI is InChI=1S/C25H25ClFN5O2S/c1-17-15-31(11-12-32(17)24(34)19-9-5-6-10-20(19)27)22-13-21(26)29-25(30-22)35-16-23(33)28-14-18-7-3-2-4-8-18/h2-10,13,17H,11-12,14-16H2,1H3,(H,28,33). The highest BCUT2D eigenvalue weighted by Gasteiger charge is 2.30. The second-order valence-electron chi connectivity index (χ2n) is 8.16. The van der Waals surface area contributed by atoms with E-state index in [0.29, 0.717) is 37.2 Å². The van der Waals surface area contributed by atoms with Crippen LogP contribution in [0.15, 0.2) is 65.8 Å². The molecule has 0 aliphatic carbocycles. The van der Waals surface area contributed by atoms with Crippen LogP contribution in [0.2, 0.25) is 5.15 Å². The lowest BCUT2D eigenvalue weighted by Crippen LogP contribution is -2.54. The molecule has 1 saturated heterocycles. The highest BCUT2D eigenvalue weighted by Crippen LogP contribution is 2.25. The Kier molecular flexibility index (Phi) is 8.20. The van der Waals surface area contributed by atoms with E-state index in [1.807, 2.05) is 42.2 Å². The summed E-state index contributed by atoms with van der Waals surface area (Å²) in [5, 5.41) is 3.56. The molecule has 182 valence electrons. The van der Waals surface area contributed by atoms with E-state index in [-0.39, 0.29) is 34.3 Å². The van der Waals surface area contributed by atoms with Crippen molar-refractivity contribution in [3.63, 3.8) is 0 Å². The number of aromatic nitrogens is 2. The molecule has 3 aromatic rings. The molecule has 2 amide bonds. The third-order valence-electron chi connectivity index (χ3n) is 5.64. The molecule has 35 heavy (non-hydrogen) atoms. The lowest BCUT2D eigenvalue weighted by Gasteiger charge is -2.40. The first kappa shape index (κ1) is 24.9. The summed E-state index contributed by atoms with van der Waals surface area (Å²) in [6.07, 6.45) is 0. The van der Waals surface area contributed by atoms with Gasteiger partial charge < -0.3 is 15.1 Å². The minimum Gasteiger partial charge on any atom is -0.353 e. The zero-order valence-electron chi connectivity index (χ0n) is 19.2. The fourth-order valence-corrected chi connectivity index (χ4v) is 4.76. The molecule has 1 fully saturated rings. The van der Waals surface area contributed by atoms with E-state index in [0.717, 1.165) is 5.56 Å². The summed E-state index contributed by atoms with van der Waals surface area (Å²) in [6, 6.07) is 17.2. The van der Waals surface area contributed by atoms with Gasteiger partial charge in [0.1, 0.15) is 16.8 Å².